The molecule has 1 fully saturated rings. The van der Waals surface area contributed by atoms with Crippen molar-refractivity contribution in [2.24, 2.45) is 16.6 Å². The number of benzene rings is 1. The van der Waals surface area contributed by atoms with Crippen molar-refractivity contribution in [3.05, 3.63) is 35.4 Å². The number of nitrogens with zero attached hydrogens (tertiary/aromatic N) is 2. The third kappa shape index (κ3) is 6.58. The van der Waals surface area contributed by atoms with E-state index in [9.17, 15) is 9.59 Å². The summed E-state index contributed by atoms with van der Waals surface area (Å²) in [6, 6.07) is 7.40. The van der Waals surface area contributed by atoms with E-state index in [0.29, 0.717) is 24.4 Å². The lowest BCUT2D eigenvalue weighted by atomic mass is 9.95. The molecule has 1 saturated heterocycles. The second-order valence-corrected chi connectivity index (χ2v) is 6.80. The first-order valence-electron chi connectivity index (χ1n) is 9.52. The number of likely N-dealkylation sites (tertiary alicyclic amines) is 1. The number of rotatable bonds is 7. The number of carbonyl (C=O) groups excluding carboxylic acids is 2. The number of guanidine groups is 1. The van der Waals surface area contributed by atoms with E-state index in [2.05, 4.69) is 10.2 Å². The van der Waals surface area contributed by atoms with Gasteiger partial charge in [-0.3, -0.25) is 9.79 Å². The van der Waals surface area contributed by atoms with E-state index in [0.717, 1.165) is 50.4 Å². The Balaban J connectivity index is 1.94. The maximum Gasteiger partial charge on any atom is 0.337 e. The van der Waals surface area contributed by atoms with Crippen LogP contribution in [0.3, 0.4) is 0 Å². The first-order valence-corrected chi connectivity index (χ1v) is 9.52. The minimum Gasteiger partial charge on any atom is -0.465 e. The molecule has 1 atom stereocenters. The van der Waals surface area contributed by atoms with Crippen molar-refractivity contribution in [1.29, 1.82) is 0 Å². The van der Waals surface area contributed by atoms with Crippen LogP contribution in [0.25, 0.3) is 0 Å². The topological polar surface area (TPSA) is 97.0 Å². The van der Waals surface area contributed by atoms with E-state index in [1.165, 1.54) is 7.11 Å². The second kappa shape index (κ2) is 10.5. The average Bonchev–Trinajstić information content (AvgIpc) is 2.67. The van der Waals surface area contributed by atoms with Gasteiger partial charge in [0.25, 0.3) is 0 Å². The molecule has 0 saturated carbocycles. The largest absolute Gasteiger partial charge is 0.465 e. The summed E-state index contributed by atoms with van der Waals surface area (Å²) in [5, 5.41) is 3.34. The molecule has 1 aromatic rings. The van der Waals surface area contributed by atoms with Crippen LogP contribution in [-0.4, -0.2) is 56.0 Å². The zero-order chi connectivity index (χ0) is 19.6. The standard InChI is InChI=1S/C20H30N4O3/c1-3-22-20(24-12-4-5-16(14-24)13-18(21)25)23-11-10-15-6-8-17(9-7-15)19(26)27-2/h6-9,16H,3-5,10-14H2,1-2H3,(H2,21,25)(H,22,23). The molecule has 1 amide bonds. The van der Waals surface area contributed by atoms with Crippen LogP contribution < -0.4 is 11.1 Å². The first kappa shape index (κ1) is 20.7. The molecule has 1 aliphatic rings. The minimum atomic E-state index is -0.329. The first-order chi connectivity index (χ1) is 13.0. The van der Waals surface area contributed by atoms with Crippen LogP contribution in [0.5, 0.6) is 0 Å². The van der Waals surface area contributed by atoms with Crippen LogP contribution in [0.4, 0.5) is 0 Å². The fraction of sp³-hybridized carbons (Fsp3) is 0.550. The summed E-state index contributed by atoms with van der Waals surface area (Å²) in [5.41, 5.74) is 7.02. The lowest BCUT2D eigenvalue weighted by Gasteiger charge is -2.34. The summed E-state index contributed by atoms with van der Waals surface area (Å²) in [7, 11) is 1.38. The number of amides is 1. The van der Waals surface area contributed by atoms with Gasteiger partial charge in [0.05, 0.1) is 12.7 Å². The molecule has 1 heterocycles. The molecule has 7 nitrogen and oxygen atoms in total. The van der Waals surface area contributed by atoms with Gasteiger partial charge >= 0.3 is 5.97 Å². The molecule has 27 heavy (non-hydrogen) atoms. The Hall–Kier alpha value is -2.57. The number of nitrogens with one attached hydrogen (secondary N) is 1. The third-order valence-electron chi connectivity index (χ3n) is 4.68. The van der Waals surface area contributed by atoms with E-state index < -0.39 is 0 Å². The van der Waals surface area contributed by atoms with Gasteiger partial charge in [-0.2, -0.15) is 0 Å². The molecule has 2 rings (SSSR count). The Bertz CT molecular complexity index is 658. The van der Waals surface area contributed by atoms with Crippen molar-refractivity contribution in [2.45, 2.75) is 32.6 Å². The van der Waals surface area contributed by atoms with Gasteiger partial charge in [-0.25, -0.2) is 4.79 Å². The quantitative estimate of drug-likeness (QED) is 0.429. The van der Waals surface area contributed by atoms with Crippen LogP contribution in [-0.2, 0) is 16.0 Å². The molecule has 3 N–H and O–H groups in total. The number of primary amides is 1. The number of nitrogens with two attached hydrogens (primary N) is 1. The Kier molecular flexibility index (Phi) is 8.10. The van der Waals surface area contributed by atoms with Crippen LogP contribution in [0, 0.1) is 5.92 Å². The van der Waals surface area contributed by atoms with Gasteiger partial charge in [0.15, 0.2) is 5.96 Å². The number of ether oxygens (including phenoxy) is 1. The van der Waals surface area contributed by atoms with Gasteiger partial charge in [0.1, 0.15) is 0 Å². The maximum atomic E-state index is 11.5. The molecule has 148 valence electrons. The average molecular weight is 374 g/mol. The van der Waals surface area contributed by atoms with E-state index >= 15 is 0 Å². The van der Waals surface area contributed by atoms with Crippen molar-refractivity contribution in [2.75, 3.05) is 33.3 Å². The van der Waals surface area contributed by atoms with E-state index in [1.54, 1.807) is 12.1 Å². The Morgan fingerprint density at radius 2 is 2.07 bits per heavy atom. The Morgan fingerprint density at radius 1 is 1.33 bits per heavy atom. The molecule has 0 aromatic heterocycles. The SMILES string of the molecule is CCNC(=NCCc1ccc(C(=O)OC)cc1)N1CCCC(CC(N)=O)C1. The minimum absolute atomic E-state index is 0.237. The van der Waals surface area contributed by atoms with E-state index in [1.807, 2.05) is 19.1 Å². The van der Waals surface area contributed by atoms with Crippen LogP contribution in [0.2, 0.25) is 0 Å². The number of methoxy groups -OCH3 is 1. The molecule has 1 aromatic carbocycles. The lowest BCUT2D eigenvalue weighted by Crippen LogP contribution is -2.47. The fourth-order valence-corrected chi connectivity index (χ4v) is 3.35. The zero-order valence-electron chi connectivity index (χ0n) is 16.2. The molecule has 1 unspecified atom stereocenters. The van der Waals surface area contributed by atoms with Crippen molar-refractivity contribution in [3.63, 3.8) is 0 Å². The van der Waals surface area contributed by atoms with Gasteiger partial charge in [0, 0.05) is 32.6 Å². The fourth-order valence-electron chi connectivity index (χ4n) is 3.35. The third-order valence-corrected chi connectivity index (χ3v) is 4.68. The highest BCUT2D eigenvalue weighted by atomic mass is 16.5. The van der Waals surface area contributed by atoms with E-state index in [-0.39, 0.29) is 11.9 Å². The maximum absolute atomic E-state index is 11.5. The number of carbonyl (C=O) groups is 2. The van der Waals surface area contributed by atoms with E-state index in [4.69, 9.17) is 15.5 Å². The number of hydrogen-bond acceptors (Lipinski definition) is 4. The van der Waals surface area contributed by atoms with Gasteiger partial charge in [-0.15, -0.1) is 0 Å². The van der Waals surface area contributed by atoms with Crippen LogP contribution >= 0.6 is 0 Å². The smallest absolute Gasteiger partial charge is 0.337 e. The Morgan fingerprint density at radius 3 is 2.70 bits per heavy atom. The summed E-state index contributed by atoms with van der Waals surface area (Å²) in [6.07, 6.45) is 3.29. The van der Waals surface area contributed by atoms with Crippen molar-refractivity contribution in [1.82, 2.24) is 10.2 Å². The van der Waals surface area contributed by atoms with Crippen molar-refractivity contribution >= 4 is 17.8 Å². The lowest BCUT2D eigenvalue weighted by molar-refractivity contribution is -0.119. The predicted molar refractivity (Wildman–Crippen MR) is 106 cm³/mol. The van der Waals surface area contributed by atoms with Crippen molar-refractivity contribution in [3.8, 4) is 0 Å². The summed E-state index contributed by atoms with van der Waals surface area (Å²) in [5.74, 6) is 0.618. The monoisotopic (exact) mass is 374 g/mol. The summed E-state index contributed by atoms with van der Waals surface area (Å²) >= 11 is 0. The van der Waals surface area contributed by atoms with Crippen LogP contribution in [0.1, 0.15) is 42.1 Å². The van der Waals surface area contributed by atoms with Gasteiger partial charge in [-0.05, 0) is 49.8 Å². The molecule has 7 heteroatoms. The van der Waals surface area contributed by atoms with Gasteiger partial charge in [0.2, 0.25) is 5.91 Å². The highest BCUT2D eigenvalue weighted by molar-refractivity contribution is 5.89. The summed E-state index contributed by atoms with van der Waals surface area (Å²) < 4.78 is 4.71. The highest BCUT2D eigenvalue weighted by Crippen LogP contribution is 2.19. The molecule has 0 bridgehead atoms. The number of piperidine rings is 1. The normalized spacial score (nSPS) is 17.5. The molecular weight excluding hydrogens is 344 g/mol. The molecule has 0 spiro atoms. The predicted octanol–water partition coefficient (Wildman–Crippen LogP) is 1.57. The number of esters is 1. The number of hydrogen-bond donors (Lipinski definition) is 2. The van der Waals surface area contributed by atoms with Gasteiger partial charge < -0.3 is 20.7 Å². The summed E-state index contributed by atoms with van der Waals surface area (Å²) in [4.78, 5) is 29.7. The molecule has 0 aliphatic carbocycles. The zero-order valence-corrected chi connectivity index (χ0v) is 16.2. The molecule has 0 radical (unpaired) electrons. The summed E-state index contributed by atoms with van der Waals surface area (Å²) in [6.45, 7) is 5.24. The van der Waals surface area contributed by atoms with Crippen molar-refractivity contribution < 1.29 is 14.3 Å². The highest BCUT2D eigenvalue weighted by Gasteiger charge is 2.23. The van der Waals surface area contributed by atoms with Gasteiger partial charge in [-0.1, -0.05) is 12.1 Å². The second-order valence-electron chi connectivity index (χ2n) is 6.80. The van der Waals surface area contributed by atoms with Crippen LogP contribution in [0.15, 0.2) is 29.3 Å². The molecule has 1 aliphatic heterocycles. The molecular formula is C20H30N4O3. The Labute approximate surface area is 161 Å². The number of aliphatic imine (C=N–C) groups is 1.